The highest BCUT2D eigenvalue weighted by molar-refractivity contribution is 9.10. The largest absolute Gasteiger partial charge is 0.335 e. The maximum absolute atomic E-state index is 11.6. The van der Waals surface area contributed by atoms with Crippen molar-refractivity contribution in [3.8, 4) is 0 Å². The average Bonchev–Trinajstić information content (AvgIpc) is 2.26. The smallest absolute Gasteiger partial charge is 0.319 e. The van der Waals surface area contributed by atoms with Gasteiger partial charge in [0.15, 0.2) is 0 Å². The second-order valence-corrected chi connectivity index (χ2v) is 5.00. The van der Waals surface area contributed by atoms with Crippen LogP contribution in [-0.4, -0.2) is 17.0 Å². The number of amides is 2. The van der Waals surface area contributed by atoms with E-state index in [1.54, 1.807) is 0 Å². The van der Waals surface area contributed by atoms with Crippen molar-refractivity contribution < 1.29 is 9.72 Å². The molecule has 1 saturated carbocycles. The van der Waals surface area contributed by atoms with Crippen LogP contribution in [0.2, 0.25) is 0 Å². The number of urea groups is 1. The number of carbonyl (C=O) groups excluding carboxylic acids is 1. The van der Waals surface area contributed by atoms with Crippen molar-refractivity contribution in [3.05, 3.63) is 32.8 Å². The molecule has 2 N–H and O–H groups in total. The minimum atomic E-state index is -0.483. The Morgan fingerprint density at radius 2 is 2.17 bits per heavy atom. The van der Waals surface area contributed by atoms with Gasteiger partial charge in [-0.15, -0.1) is 0 Å². The summed E-state index contributed by atoms with van der Waals surface area (Å²) in [4.78, 5) is 21.7. The van der Waals surface area contributed by atoms with Crippen molar-refractivity contribution >= 4 is 33.3 Å². The molecule has 0 heterocycles. The Balaban J connectivity index is 2.00. The van der Waals surface area contributed by atoms with E-state index >= 15 is 0 Å². The molecule has 0 atom stereocenters. The minimum Gasteiger partial charge on any atom is -0.335 e. The summed E-state index contributed by atoms with van der Waals surface area (Å²) in [5, 5.41) is 16.0. The number of nitro benzene ring substituents is 1. The van der Waals surface area contributed by atoms with E-state index in [9.17, 15) is 14.9 Å². The molecular weight excluding hydrogens is 302 g/mol. The van der Waals surface area contributed by atoms with Crippen LogP contribution in [0.3, 0.4) is 0 Å². The quantitative estimate of drug-likeness (QED) is 0.664. The Morgan fingerprint density at radius 1 is 1.44 bits per heavy atom. The number of non-ortho nitro benzene ring substituents is 1. The number of hydrogen-bond donors (Lipinski definition) is 2. The van der Waals surface area contributed by atoms with Gasteiger partial charge in [0.1, 0.15) is 0 Å². The molecule has 0 radical (unpaired) electrons. The highest BCUT2D eigenvalue weighted by Crippen LogP contribution is 2.27. The lowest BCUT2D eigenvalue weighted by Crippen LogP contribution is -2.41. The monoisotopic (exact) mass is 313 g/mol. The lowest BCUT2D eigenvalue weighted by Gasteiger charge is -2.26. The van der Waals surface area contributed by atoms with E-state index in [2.05, 4.69) is 26.6 Å². The van der Waals surface area contributed by atoms with Crippen LogP contribution in [0, 0.1) is 10.1 Å². The van der Waals surface area contributed by atoms with Crippen LogP contribution in [-0.2, 0) is 0 Å². The zero-order chi connectivity index (χ0) is 13.1. The molecule has 0 aliphatic heterocycles. The number of nitrogens with one attached hydrogen (secondary N) is 2. The summed E-state index contributed by atoms with van der Waals surface area (Å²) < 4.78 is 0.487. The fraction of sp³-hybridized carbons (Fsp3) is 0.364. The van der Waals surface area contributed by atoms with E-state index in [-0.39, 0.29) is 17.8 Å². The van der Waals surface area contributed by atoms with Crippen LogP contribution in [0.25, 0.3) is 0 Å². The highest BCUT2D eigenvalue weighted by Gasteiger charge is 2.19. The molecule has 0 saturated heterocycles. The van der Waals surface area contributed by atoms with Gasteiger partial charge in [-0.2, -0.15) is 0 Å². The van der Waals surface area contributed by atoms with Gasteiger partial charge in [0.25, 0.3) is 5.69 Å². The third-order valence-corrected chi connectivity index (χ3v) is 3.51. The average molecular weight is 314 g/mol. The second kappa shape index (κ2) is 5.34. The van der Waals surface area contributed by atoms with Gasteiger partial charge in [-0.1, -0.05) is 0 Å². The fourth-order valence-corrected chi connectivity index (χ4v) is 2.08. The molecule has 96 valence electrons. The van der Waals surface area contributed by atoms with Crippen molar-refractivity contribution in [2.24, 2.45) is 0 Å². The molecule has 1 aliphatic rings. The molecule has 0 aromatic heterocycles. The number of anilines is 1. The molecule has 1 aliphatic carbocycles. The Hall–Kier alpha value is -1.63. The van der Waals surface area contributed by atoms with Crippen LogP contribution >= 0.6 is 15.9 Å². The van der Waals surface area contributed by atoms with Crippen molar-refractivity contribution in [2.75, 3.05) is 5.32 Å². The van der Waals surface area contributed by atoms with E-state index in [4.69, 9.17) is 0 Å². The molecule has 2 rings (SSSR count). The van der Waals surface area contributed by atoms with Crippen molar-refractivity contribution in [2.45, 2.75) is 25.3 Å². The summed E-state index contributed by atoms with van der Waals surface area (Å²) in [6.07, 6.45) is 3.16. The number of carbonyl (C=O) groups is 1. The molecule has 18 heavy (non-hydrogen) atoms. The van der Waals surface area contributed by atoms with Crippen LogP contribution in [0.5, 0.6) is 0 Å². The predicted molar refractivity (Wildman–Crippen MR) is 70.6 cm³/mol. The molecular formula is C11H12BrN3O3. The Bertz CT molecular complexity index is 488. The zero-order valence-electron chi connectivity index (χ0n) is 9.48. The van der Waals surface area contributed by atoms with Gasteiger partial charge in [0, 0.05) is 22.6 Å². The molecule has 1 fully saturated rings. The van der Waals surface area contributed by atoms with Gasteiger partial charge < -0.3 is 10.6 Å². The Morgan fingerprint density at radius 3 is 2.67 bits per heavy atom. The third-order valence-electron chi connectivity index (χ3n) is 2.85. The molecule has 0 spiro atoms. The Kier molecular flexibility index (Phi) is 3.81. The minimum absolute atomic E-state index is 0.0215. The van der Waals surface area contributed by atoms with Crippen molar-refractivity contribution in [3.63, 3.8) is 0 Å². The van der Waals surface area contributed by atoms with Gasteiger partial charge in [0.05, 0.1) is 10.6 Å². The van der Waals surface area contributed by atoms with Gasteiger partial charge in [-0.3, -0.25) is 10.1 Å². The molecule has 6 nitrogen and oxygen atoms in total. The van der Waals surface area contributed by atoms with Crippen molar-refractivity contribution in [1.82, 2.24) is 5.32 Å². The standard InChI is InChI=1S/C11H12BrN3O3/c12-9-6-8(15(17)18)4-5-10(9)14-11(16)13-7-2-1-3-7/h4-7H,1-3H2,(H2,13,14,16). The van der Waals surface area contributed by atoms with E-state index in [1.807, 2.05) is 0 Å². The summed E-state index contributed by atoms with van der Waals surface area (Å²) in [6.45, 7) is 0. The SMILES string of the molecule is O=C(Nc1ccc([N+](=O)[O-])cc1Br)NC1CCC1. The fourth-order valence-electron chi connectivity index (χ4n) is 1.62. The third kappa shape index (κ3) is 2.98. The van der Waals surface area contributed by atoms with E-state index in [0.717, 1.165) is 19.3 Å². The summed E-state index contributed by atoms with van der Waals surface area (Å²) in [6, 6.07) is 4.18. The van der Waals surface area contributed by atoms with Gasteiger partial charge in [-0.25, -0.2) is 4.79 Å². The zero-order valence-corrected chi connectivity index (χ0v) is 11.1. The number of rotatable bonds is 3. The second-order valence-electron chi connectivity index (χ2n) is 4.15. The molecule has 2 amide bonds. The van der Waals surface area contributed by atoms with Crippen molar-refractivity contribution in [1.29, 1.82) is 0 Å². The number of nitro groups is 1. The summed E-state index contributed by atoms with van der Waals surface area (Å²) >= 11 is 3.19. The summed E-state index contributed by atoms with van der Waals surface area (Å²) in [7, 11) is 0. The molecule has 0 unspecified atom stereocenters. The first kappa shape index (κ1) is 12.8. The van der Waals surface area contributed by atoms with E-state index in [1.165, 1.54) is 18.2 Å². The van der Waals surface area contributed by atoms with E-state index < -0.39 is 4.92 Å². The van der Waals surface area contributed by atoms with Crippen LogP contribution in [0.1, 0.15) is 19.3 Å². The van der Waals surface area contributed by atoms with E-state index in [0.29, 0.717) is 10.2 Å². The van der Waals surface area contributed by atoms with Gasteiger partial charge in [-0.05, 0) is 41.3 Å². The molecule has 1 aromatic rings. The molecule has 0 bridgehead atoms. The summed E-state index contributed by atoms with van der Waals surface area (Å²) in [5.74, 6) is 0. The summed E-state index contributed by atoms with van der Waals surface area (Å²) in [5.41, 5.74) is 0.490. The van der Waals surface area contributed by atoms with Crippen LogP contribution < -0.4 is 10.6 Å². The maximum atomic E-state index is 11.6. The maximum Gasteiger partial charge on any atom is 0.319 e. The lowest BCUT2D eigenvalue weighted by atomic mass is 9.93. The number of benzene rings is 1. The number of nitrogens with zero attached hydrogens (tertiary/aromatic N) is 1. The Labute approximate surface area is 112 Å². The van der Waals surface area contributed by atoms with Gasteiger partial charge in [0.2, 0.25) is 0 Å². The topological polar surface area (TPSA) is 84.3 Å². The molecule has 1 aromatic carbocycles. The number of hydrogen-bond acceptors (Lipinski definition) is 3. The lowest BCUT2D eigenvalue weighted by molar-refractivity contribution is -0.384. The first-order chi connectivity index (χ1) is 8.56. The molecule has 7 heteroatoms. The van der Waals surface area contributed by atoms with Crippen LogP contribution in [0.4, 0.5) is 16.2 Å². The first-order valence-electron chi connectivity index (χ1n) is 5.58. The normalized spacial score (nSPS) is 14.7. The highest BCUT2D eigenvalue weighted by atomic mass is 79.9. The van der Waals surface area contributed by atoms with Crippen LogP contribution in [0.15, 0.2) is 22.7 Å². The predicted octanol–water partition coefficient (Wildman–Crippen LogP) is 3.03. The number of halogens is 1. The van der Waals surface area contributed by atoms with Gasteiger partial charge >= 0.3 is 6.03 Å². The first-order valence-corrected chi connectivity index (χ1v) is 6.37.